The van der Waals surface area contributed by atoms with E-state index in [2.05, 4.69) is 58.9 Å². The minimum Gasteiger partial charge on any atom is -0.103 e. The summed E-state index contributed by atoms with van der Waals surface area (Å²) in [5.74, 6) is 0.975. The number of rotatable bonds is 6. The molecule has 104 valence electrons. The molecular formula is C17H25BrSi. The smallest absolute Gasteiger partial charge is 0.0971 e. The average Bonchev–Trinajstić information content (AvgIpc) is 2.49. The van der Waals surface area contributed by atoms with E-state index in [-0.39, 0.29) is 0 Å². The third kappa shape index (κ3) is 3.82. The monoisotopic (exact) mass is 336 g/mol. The van der Waals surface area contributed by atoms with E-state index in [0.29, 0.717) is 0 Å². The van der Waals surface area contributed by atoms with Crippen molar-refractivity contribution in [2.45, 2.75) is 44.2 Å². The van der Waals surface area contributed by atoms with Crippen LogP contribution >= 0.6 is 15.9 Å². The number of hydrogen-bond acceptors (Lipinski definition) is 0. The number of hydrogen-bond donors (Lipinski definition) is 0. The molecule has 1 aromatic rings. The van der Waals surface area contributed by atoms with Gasteiger partial charge in [-0.05, 0) is 18.8 Å². The Kier molecular flexibility index (Phi) is 5.90. The van der Waals surface area contributed by atoms with Crippen LogP contribution in [0.2, 0.25) is 12.1 Å². The topological polar surface area (TPSA) is 0 Å². The van der Waals surface area contributed by atoms with E-state index >= 15 is 0 Å². The van der Waals surface area contributed by atoms with E-state index in [4.69, 9.17) is 0 Å². The van der Waals surface area contributed by atoms with E-state index in [0.717, 1.165) is 5.92 Å². The molecule has 1 aliphatic rings. The van der Waals surface area contributed by atoms with Crippen LogP contribution in [0.5, 0.6) is 0 Å². The van der Waals surface area contributed by atoms with Crippen LogP contribution in [0, 0.1) is 5.92 Å². The summed E-state index contributed by atoms with van der Waals surface area (Å²) in [4.78, 5) is 1.24. The number of unbranched alkanes of at least 4 members (excludes halogenated alkanes) is 1. The van der Waals surface area contributed by atoms with Gasteiger partial charge in [-0.3, -0.25) is 0 Å². The van der Waals surface area contributed by atoms with Crippen LogP contribution in [0.25, 0.3) is 0 Å². The molecule has 0 aliphatic carbocycles. The first-order valence-corrected chi connectivity index (χ1v) is 11.3. The fourth-order valence-corrected chi connectivity index (χ4v) is 10.1. The molecule has 0 nitrogen and oxygen atoms in total. The molecule has 1 fully saturated rings. The van der Waals surface area contributed by atoms with E-state index in [1.807, 2.05) is 0 Å². The van der Waals surface area contributed by atoms with Crippen molar-refractivity contribution in [3.8, 4) is 0 Å². The lowest BCUT2D eigenvalue weighted by atomic mass is 9.96. The number of benzene rings is 1. The highest BCUT2D eigenvalue weighted by atomic mass is 79.9. The van der Waals surface area contributed by atoms with Crippen LogP contribution in [-0.4, -0.2) is 13.0 Å². The maximum absolute atomic E-state index is 3.84. The van der Waals surface area contributed by atoms with Crippen molar-refractivity contribution in [2.24, 2.45) is 5.92 Å². The number of alkyl halides is 1. The van der Waals surface area contributed by atoms with Crippen molar-refractivity contribution < 1.29 is 0 Å². The summed E-state index contributed by atoms with van der Waals surface area (Å²) in [6, 6.07) is 14.2. The van der Waals surface area contributed by atoms with Crippen LogP contribution < -0.4 is 5.19 Å². The van der Waals surface area contributed by atoms with Crippen molar-refractivity contribution in [3.63, 3.8) is 0 Å². The van der Waals surface area contributed by atoms with Crippen molar-refractivity contribution in [3.05, 3.63) is 43.0 Å². The predicted molar refractivity (Wildman–Crippen MR) is 92.0 cm³/mol. The molecule has 0 bridgehead atoms. The summed E-state index contributed by atoms with van der Waals surface area (Å²) in [7, 11) is -1.23. The Bertz CT molecular complexity index is 380. The largest absolute Gasteiger partial charge is 0.103 e. The standard InChI is InChI=1S/C17H25BrSi/c1-2-3-5-8-16-11-13-19(15-18,14-12-16)17-9-6-4-7-10-17/h2,4,6-7,9-10,16H,1,3,5,8,11-15H2. The highest BCUT2D eigenvalue weighted by molar-refractivity contribution is 9.09. The number of allylic oxidation sites excluding steroid dienone is 1. The van der Waals surface area contributed by atoms with Crippen LogP contribution in [0.1, 0.15) is 32.1 Å². The van der Waals surface area contributed by atoms with E-state index in [1.165, 1.54) is 49.1 Å². The maximum atomic E-state index is 3.84. The first kappa shape index (κ1) is 15.1. The quantitative estimate of drug-likeness (QED) is 0.295. The summed E-state index contributed by atoms with van der Waals surface area (Å²) >= 11 is 3.84. The highest BCUT2D eigenvalue weighted by Gasteiger charge is 2.37. The van der Waals surface area contributed by atoms with Gasteiger partial charge in [0.25, 0.3) is 0 Å². The first-order valence-electron chi connectivity index (χ1n) is 7.53. The Balaban J connectivity index is 1.94. The van der Waals surface area contributed by atoms with E-state index in [9.17, 15) is 0 Å². The van der Waals surface area contributed by atoms with Gasteiger partial charge in [0.1, 0.15) is 0 Å². The van der Waals surface area contributed by atoms with Gasteiger partial charge < -0.3 is 0 Å². The molecule has 1 heterocycles. The minimum absolute atomic E-state index is 0.975. The van der Waals surface area contributed by atoms with Gasteiger partial charge in [0, 0.05) is 4.95 Å². The molecule has 0 radical (unpaired) electrons. The summed E-state index contributed by atoms with van der Waals surface area (Å²) < 4.78 is 0. The zero-order valence-corrected chi connectivity index (χ0v) is 14.4. The lowest BCUT2D eigenvalue weighted by Crippen LogP contribution is -2.52. The fraction of sp³-hybridized carbons (Fsp3) is 0.529. The van der Waals surface area contributed by atoms with E-state index in [1.54, 1.807) is 5.19 Å². The predicted octanol–water partition coefficient (Wildman–Crippen LogP) is 5.04. The maximum Gasteiger partial charge on any atom is 0.0971 e. The Morgan fingerprint density at radius 3 is 2.47 bits per heavy atom. The summed E-state index contributed by atoms with van der Waals surface area (Å²) in [5.41, 5.74) is 0. The molecule has 2 heteroatoms. The van der Waals surface area contributed by atoms with Gasteiger partial charge in [-0.2, -0.15) is 0 Å². The SMILES string of the molecule is C=CCCCC1CC[Si](CBr)(c2ccccc2)CC1. The molecule has 0 atom stereocenters. The van der Waals surface area contributed by atoms with Gasteiger partial charge in [0.2, 0.25) is 0 Å². The second-order valence-corrected chi connectivity index (χ2v) is 12.0. The first-order chi connectivity index (χ1) is 9.30. The van der Waals surface area contributed by atoms with Crippen LogP contribution in [0.3, 0.4) is 0 Å². The normalized spacial score (nSPS) is 27.1. The third-order valence-corrected chi connectivity index (χ3v) is 12.5. The van der Waals surface area contributed by atoms with Crippen molar-refractivity contribution in [2.75, 3.05) is 4.95 Å². The highest BCUT2D eigenvalue weighted by Crippen LogP contribution is 2.35. The Hall–Kier alpha value is -0.343. The average molecular weight is 337 g/mol. The van der Waals surface area contributed by atoms with Gasteiger partial charge in [-0.15, -0.1) is 6.58 Å². The molecule has 0 N–H and O–H groups in total. The third-order valence-electron chi connectivity index (χ3n) is 4.72. The molecule has 0 amide bonds. The van der Waals surface area contributed by atoms with Crippen molar-refractivity contribution in [1.82, 2.24) is 0 Å². The van der Waals surface area contributed by atoms with Crippen molar-refractivity contribution >= 4 is 29.2 Å². The van der Waals surface area contributed by atoms with Gasteiger partial charge in [0.15, 0.2) is 0 Å². The van der Waals surface area contributed by atoms with Gasteiger partial charge in [-0.1, -0.05) is 88.9 Å². The van der Waals surface area contributed by atoms with Gasteiger partial charge >= 0.3 is 0 Å². The van der Waals surface area contributed by atoms with Crippen LogP contribution in [-0.2, 0) is 0 Å². The molecule has 1 aliphatic heterocycles. The second kappa shape index (κ2) is 7.44. The molecule has 0 aromatic heterocycles. The minimum atomic E-state index is -1.23. The molecule has 0 saturated carbocycles. The van der Waals surface area contributed by atoms with Crippen LogP contribution in [0.15, 0.2) is 43.0 Å². The molecule has 2 rings (SSSR count). The van der Waals surface area contributed by atoms with Gasteiger partial charge in [-0.25, -0.2) is 0 Å². The molecule has 1 aromatic carbocycles. The zero-order valence-electron chi connectivity index (χ0n) is 11.8. The molecule has 0 spiro atoms. The Morgan fingerprint density at radius 2 is 1.89 bits per heavy atom. The molecule has 19 heavy (non-hydrogen) atoms. The molecule has 0 unspecified atom stereocenters. The fourth-order valence-electron chi connectivity index (χ4n) is 3.36. The van der Waals surface area contributed by atoms with Crippen molar-refractivity contribution in [1.29, 1.82) is 0 Å². The lowest BCUT2D eigenvalue weighted by molar-refractivity contribution is 0.424. The van der Waals surface area contributed by atoms with E-state index < -0.39 is 8.07 Å². The Labute approximate surface area is 127 Å². The summed E-state index contributed by atoms with van der Waals surface area (Å²) in [6.07, 6.45) is 8.89. The summed E-state index contributed by atoms with van der Waals surface area (Å²) in [6.45, 7) is 3.82. The summed E-state index contributed by atoms with van der Waals surface area (Å²) in [5, 5.41) is 1.66. The van der Waals surface area contributed by atoms with Crippen LogP contribution in [0.4, 0.5) is 0 Å². The zero-order chi connectivity index (χ0) is 13.6. The number of halogens is 1. The molecule has 1 saturated heterocycles. The Morgan fingerprint density at radius 1 is 1.21 bits per heavy atom. The second-order valence-electron chi connectivity index (χ2n) is 5.94. The lowest BCUT2D eigenvalue weighted by Gasteiger charge is -2.38. The van der Waals surface area contributed by atoms with Gasteiger partial charge in [0.05, 0.1) is 8.07 Å². The molecular weight excluding hydrogens is 312 g/mol.